The van der Waals surface area contributed by atoms with Gasteiger partial charge in [0.25, 0.3) is 0 Å². The van der Waals surface area contributed by atoms with E-state index in [1.54, 1.807) is 12.1 Å². The van der Waals surface area contributed by atoms with Crippen LogP contribution < -0.4 is 4.74 Å². The van der Waals surface area contributed by atoms with Gasteiger partial charge in [0.2, 0.25) is 0 Å². The molecule has 0 atom stereocenters. The molecule has 0 N–H and O–H groups in total. The first-order valence-electron chi connectivity index (χ1n) is 12.8. The molecule has 188 valence electrons. The SMILES string of the molecule is CCCCCc1ccc(CCc2ccc3c(F)c(CCc4ccc(OC(F)F)cc4)ccc3c2)cc1. The summed E-state index contributed by atoms with van der Waals surface area (Å²) in [6.07, 6.45) is 7.95. The molecule has 0 aliphatic carbocycles. The van der Waals surface area contributed by atoms with Crippen molar-refractivity contribution in [3.63, 3.8) is 0 Å². The van der Waals surface area contributed by atoms with Gasteiger partial charge >= 0.3 is 6.61 Å². The summed E-state index contributed by atoms with van der Waals surface area (Å²) in [5.41, 5.74) is 5.53. The zero-order valence-electron chi connectivity index (χ0n) is 20.8. The second-order valence-corrected chi connectivity index (χ2v) is 9.39. The quantitative estimate of drug-likeness (QED) is 0.180. The molecular weight excluding hydrogens is 457 g/mol. The summed E-state index contributed by atoms with van der Waals surface area (Å²) in [5.74, 6) is -0.0590. The standard InChI is InChI=1S/C32H33F3O/c1-2-3-4-5-23-6-8-24(9-7-23)10-11-26-15-21-30-28(22-26)18-17-27(31(30)33)16-12-25-13-19-29(20-14-25)36-32(34)35/h6-9,13-15,17-22,32H,2-5,10-12,16H2,1H3. The van der Waals surface area contributed by atoms with Gasteiger partial charge in [-0.3, -0.25) is 0 Å². The molecule has 4 heteroatoms. The van der Waals surface area contributed by atoms with Crippen molar-refractivity contribution in [3.8, 4) is 5.75 Å². The number of hydrogen-bond donors (Lipinski definition) is 0. The van der Waals surface area contributed by atoms with E-state index in [0.29, 0.717) is 23.8 Å². The van der Waals surface area contributed by atoms with Crippen molar-refractivity contribution in [3.05, 3.63) is 112 Å². The predicted octanol–water partition coefficient (Wildman–Crippen LogP) is 8.88. The van der Waals surface area contributed by atoms with Gasteiger partial charge in [-0.2, -0.15) is 8.78 Å². The molecule has 0 amide bonds. The minimum Gasteiger partial charge on any atom is -0.435 e. The Kier molecular flexibility index (Phi) is 9.05. The fourth-order valence-electron chi connectivity index (χ4n) is 4.59. The lowest BCUT2D eigenvalue weighted by atomic mass is 9.97. The molecule has 0 unspecified atom stereocenters. The van der Waals surface area contributed by atoms with Crippen LogP contribution in [0.4, 0.5) is 13.2 Å². The summed E-state index contributed by atoms with van der Waals surface area (Å²) in [7, 11) is 0. The second-order valence-electron chi connectivity index (χ2n) is 9.39. The van der Waals surface area contributed by atoms with Crippen molar-refractivity contribution in [2.24, 2.45) is 0 Å². The van der Waals surface area contributed by atoms with Gasteiger partial charge in [0.1, 0.15) is 11.6 Å². The molecule has 4 rings (SSSR count). The Hall–Kier alpha value is -3.27. The number of benzene rings is 4. The largest absolute Gasteiger partial charge is 0.435 e. The van der Waals surface area contributed by atoms with Crippen LogP contribution in [-0.2, 0) is 32.1 Å². The first-order valence-corrected chi connectivity index (χ1v) is 12.8. The fourth-order valence-corrected chi connectivity index (χ4v) is 4.59. The summed E-state index contributed by atoms with van der Waals surface area (Å²) in [6, 6.07) is 25.3. The summed E-state index contributed by atoms with van der Waals surface area (Å²) in [5, 5.41) is 1.54. The van der Waals surface area contributed by atoms with Crippen LogP contribution in [0.5, 0.6) is 5.75 Å². The Bertz CT molecular complexity index is 1250. The van der Waals surface area contributed by atoms with Crippen molar-refractivity contribution in [2.75, 3.05) is 0 Å². The van der Waals surface area contributed by atoms with Crippen LogP contribution in [0.2, 0.25) is 0 Å². The highest BCUT2D eigenvalue weighted by Crippen LogP contribution is 2.25. The van der Waals surface area contributed by atoms with Crippen LogP contribution in [0.25, 0.3) is 10.8 Å². The number of rotatable bonds is 12. The summed E-state index contributed by atoms with van der Waals surface area (Å²) in [6.45, 7) is -0.612. The van der Waals surface area contributed by atoms with E-state index in [4.69, 9.17) is 0 Å². The van der Waals surface area contributed by atoms with Gasteiger partial charge < -0.3 is 4.74 Å². The normalized spacial score (nSPS) is 11.4. The maximum atomic E-state index is 15.2. The zero-order valence-corrected chi connectivity index (χ0v) is 20.8. The molecule has 0 radical (unpaired) electrons. The predicted molar refractivity (Wildman–Crippen MR) is 141 cm³/mol. The average Bonchev–Trinajstić information content (AvgIpc) is 2.88. The molecule has 0 fully saturated rings. The molecule has 4 aromatic carbocycles. The van der Waals surface area contributed by atoms with Crippen molar-refractivity contribution >= 4 is 10.8 Å². The highest BCUT2D eigenvalue weighted by Gasteiger charge is 2.10. The van der Waals surface area contributed by atoms with Crippen molar-refractivity contribution in [1.29, 1.82) is 0 Å². The Labute approximate surface area is 211 Å². The van der Waals surface area contributed by atoms with E-state index >= 15 is 4.39 Å². The van der Waals surface area contributed by atoms with Crippen LogP contribution in [0.1, 0.15) is 54.0 Å². The molecule has 0 saturated heterocycles. The van der Waals surface area contributed by atoms with Gasteiger partial charge in [0.15, 0.2) is 0 Å². The number of ether oxygens (including phenoxy) is 1. The first kappa shape index (κ1) is 25.8. The molecular formula is C32H33F3O. The van der Waals surface area contributed by atoms with Gasteiger partial charge in [0, 0.05) is 5.39 Å². The minimum absolute atomic E-state index is 0.126. The number of halogens is 3. The molecule has 1 nitrogen and oxygen atoms in total. The van der Waals surface area contributed by atoms with E-state index in [2.05, 4.69) is 42.0 Å². The molecule has 4 aromatic rings. The molecule has 0 spiro atoms. The number of fused-ring (bicyclic) bond motifs is 1. The highest BCUT2D eigenvalue weighted by atomic mass is 19.3. The maximum absolute atomic E-state index is 15.2. The van der Waals surface area contributed by atoms with Gasteiger partial charge in [0.05, 0.1) is 0 Å². The monoisotopic (exact) mass is 490 g/mol. The van der Waals surface area contributed by atoms with E-state index in [0.717, 1.165) is 30.2 Å². The van der Waals surface area contributed by atoms with Crippen LogP contribution in [0.15, 0.2) is 78.9 Å². The van der Waals surface area contributed by atoms with E-state index in [-0.39, 0.29) is 11.6 Å². The number of hydrogen-bond acceptors (Lipinski definition) is 1. The van der Waals surface area contributed by atoms with Crippen LogP contribution in [0.3, 0.4) is 0 Å². The Morgan fingerprint density at radius 1 is 0.639 bits per heavy atom. The van der Waals surface area contributed by atoms with E-state index in [1.165, 1.54) is 48.1 Å². The van der Waals surface area contributed by atoms with Crippen molar-refractivity contribution in [1.82, 2.24) is 0 Å². The van der Waals surface area contributed by atoms with Crippen LogP contribution in [-0.4, -0.2) is 6.61 Å². The second kappa shape index (κ2) is 12.6. The lowest BCUT2D eigenvalue weighted by Gasteiger charge is -2.10. The number of unbranched alkanes of at least 4 members (excludes halogenated alkanes) is 2. The van der Waals surface area contributed by atoms with Gasteiger partial charge in [-0.1, -0.05) is 86.5 Å². The van der Waals surface area contributed by atoms with E-state index in [1.807, 2.05) is 24.3 Å². The smallest absolute Gasteiger partial charge is 0.387 e. The molecule has 36 heavy (non-hydrogen) atoms. The van der Waals surface area contributed by atoms with Crippen LogP contribution >= 0.6 is 0 Å². The van der Waals surface area contributed by atoms with Crippen molar-refractivity contribution in [2.45, 2.75) is 64.9 Å². The minimum atomic E-state index is -2.84. The first-order chi connectivity index (χ1) is 17.5. The molecule has 0 saturated carbocycles. The third-order valence-electron chi connectivity index (χ3n) is 6.72. The van der Waals surface area contributed by atoms with Gasteiger partial charge in [-0.15, -0.1) is 0 Å². The summed E-state index contributed by atoms with van der Waals surface area (Å²) >= 11 is 0. The lowest BCUT2D eigenvalue weighted by Crippen LogP contribution is -2.02. The van der Waals surface area contributed by atoms with Crippen molar-refractivity contribution < 1.29 is 17.9 Å². The van der Waals surface area contributed by atoms with Gasteiger partial charge in [-0.25, -0.2) is 4.39 Å². The van der Waals surface area contributed by atoms with Gasteiger partial charge in [-0.05, 0) is 83.9 Å². The Balaban J connectivity index is 1.35. The fraction of sp³-hybridized carbons (Fsp3) is 0.312. The van der Waals surface area contributed by atoms with E-state index in [9.17, 15) is 8.78 Å². The number of aryl methyl sites for hydroxylation is 5. The molecule has 0 heterocycles. The third kappa shape index (κ3) is 7.13. The lowest BCUT2D eigenvalue weighted by molar-refractivity contribution is -0.0498. The molecule has 0 aliphatic heterocycles. The maximum Gasteiger partial charge on any atom is 0.387 e. The molecule has 0 aromatic heterocycles. The highest BCUT2D eigenvalue weighted by molar-refractivity contribution is 5.84. The molecule has 0 bridgehead atoms. The third-order valence-corrected chi connectivity index (χ3v) is 6.72. The number of alkyl halides is 2. The summed E-state index contributed by atoms with van der Waals surface area (Å²) < 4.78 is 44.2. The Morgan fingerprint density at radius 2 is 1.22 bits per heavy atom. The molecule has 0 aliphatic rings. The Morgan fingerprint density at radius 3 is 1.89 bits per heavy atom. The average molecular weight is 491 g/mol. The van der Waals surface area contributed by atoms with E-state index < -0.39 is 6.61 Å². The summed E-state index contributed by atoms with van der Waals surface area (Å²) in [4.78, 5) is 0. The zero-order chi connectivity index (χ0) is 25.3. The topological polar surface area (TPSA) is 9.23 Å². The van der Waals surface area contributed by atoms with Crippen LogP contribution in [0, 0.1) is 5.82 Å².